The fraction of sp³-hybridized carbons (Fsp3) is 0.556. The van der Waals surface area contributed by atoms with Crippen molar-refractivity contribution in [3.05, 3.63) is 56.9 Å². The quantitative estimate of drug-likeness (QED) is 0.120. The Bertz CT molecular complexity index is 1800. The maximum absolute atomic E-state index is 13.6. The molecule has 47 heavy (non-hydrogen) atoms. The molecular formula is C36H45IN4O6. The van der Waals surface area contributed by atoms with E-state index in [0.29, 0.717) is 60.4 Å². The van der Waals surface area contributed by atoms with Crippen molar-refractivity contribution in [2.24, 2.45) is 5.92 Å². The summed E-state index contributed by atoms with van der Waals surface area (Å²) in [4.78, 5) is 49.0. The first-order valence-electron chi connectivity index (χ1n) is 17.0. The molecule has 2 aromatic heterocycles. The number of halogens is 1. The average molecular weight is 757 g/mol. The number of aromatic nitrogens is 2. The minimum absolute atomic E-state index is 0.0956. The van der Waals surface area contributed by atoms with Gasteiger partial charge in [0.2, 0.25) is 0 Å². The number of cyclic esters (lactones) is 1. The zero-order chi connectivity index (χ0) is 33.0. The minimum Gasteiger partial charge on any atom is -0.458 e. The summed E-state index contributed by atoms with van der Waals surface area (Å²) in [5.41, 5.74) is 2.41. The van der Waals surface area contributed by atoms with Crippen LogP contribution >= 0.6 is 19.8 Å². The van der Waals surface area contributed by atoms with E-state index in [0.717, 1.165) is 40.8 Å². The van der Waals surface area contributed by atoms with Gasteiger partial charge in [0.15, 0.2) is 5.60 Å². The van der Waals surface area contributed by atoms with E-state index in [1.54, 1.807) is 23.6 Å². The van der Waals surface area contributed by atoms with Gasteiger partial charge < -0.3 is 14.4 Å². The molecule has 1 aromatic carbocycles. The Morgan fingerprint density at radius 1 is 1.15 bits per heavy atom. The van der Waals surface area contributed by atoms with Crippen LogP contribution in [0, 0.1) is 5.92 Å². The fourth-order valence-electron chi connectivity index (χ4n) is 7.82. The van der Waals surface area contributed by atoms with Crippen molar-refractivity contribution in [3.8, 4) is 17.1 Å². The van der Waals surface area contributed by atoms with E-state index >= 15 is 0 Å². The molecule has 2 fully saturated rings. The van der Waals surface area contributed by atoms with Crippen LogP contribution in [0.1, 0.15) is 75.6 Å². The number of piperidine rings is 1. The van der Waals surface area contributed by atoms with Crippen LogP contribution in [0.25, 0.3) is 22.3 Å². The molecule has 3 aromatic rings. The molecule has 1 unspecified atom stereocenters. The number of aryl methyl sites for hydroxylation is 1. The number of likely N-dealkylation sites (tertiary alicyclic amines) is 1. The van der Waals surface area contributed by atoms with Crippen molar-refractivity contribution in [2.45, 2.75) is 84.6 Å². The molecule has 10 nitrogen and oxygen atoms in total. The summed E-state index contributed by atoms with van der Waals surface area (Å²) in [6, 6.07) is 7.83. The number of nitrogens with zero attached hydrogens (tertiary/aromatic N) is 4. The molecule has 1 amide bonds. The molecule has 6 heterocycles. The zero-order valence-corrected chi connectivity index (χ0v) is 30.0. The fourth-order valence-corrected chi connectivity index (χ4v) is 14.9. The molecule has 0 aliphatic carbocycles. The van der Waals surface area contributed by atoms with Crippen LogP contribution < -0.4 is 10.3 Å². The van der Waals surface area contributed by atoms with Gasteiger partial charge in [-0.05, 0) is 18.9 Å². The van der Waals surface area contributed by atoms with Gasteiger partial charge in [-0.15, -0.1) is 0 Å². The third-order valence-corrected chi connectivity index (χ3v) is 17.4. The predicted molar refractivity (Wildman–Crippen MR) is 189 cm³/mol. The number of aliphatic hydroxyl groups is 1. The second-order valence-corrected chi connectivity index (χ2v) is 19.6. The number of hydrogen-bond acceptors (Lipinski definition) is 8. The Hall–Kier alpha value is -3.03. The Labute approximate surface area is 282 Å². The summed E-state index contributed by atoms with van der Waals surface area (Å²) in [6.45, 7) is 11.3. The van der Waals surface area contributed by atoms with Crippen molar-refractivity contribution in [3.63, 3.8) is 0 Å². The van der Waals surface area contributed by atoms with Gasteiger partial charge in [-0.1, -0.05) is 13.8 Å². The van der Waals surface area contributed by atoms with Gasteiger partial charge in [0.1, 0.15) is 6.61 Å². The molecule has 7 rings (SSSR count). The number of amides is 1. The number of fused-ring (bicyclic) bond motifs is 5. The Balaban J connectivity index is 1.09. The van der Waals surface area contributed by atoms with Crippen LogP contribution in [0.3, 0.4) is 0 Å². The molecule has 4 aliphatic rings. The monoisotopic (exact) mass is 756 g/mol. The van der Waals surface area contributed by atoms with E-state index in [-0.39, 0.29) is 24.7 Å². The van der Waals surface area contributed by atoms with Crippen LogP contribution in [0.4, 0.5) is 4.79 Å². The molecular weight excluding hydrogens is 711 g/mol. The van der Waals surface area contributed by atoms with Crippen molar-refractivity contribution < 1.29 is 24.2 Å². The van der Waals surface area contributed by atoms with Crippen LogP contribution in [0.2, 0.25) is 0 Å². The first kappa shape index (κ1) is 32.5. The van der Waals surface area contributed by atoms with Gasteiger partial charge in [-0.3, -0.25) is 4.79 Å². The summed E-state index contributed by atoms with van der Waals surface area (Å²) in [6.07, 6.45) is 3.79. The molecule has 0 saturated carbocycles. The number of pyridine rings is 2. The van der Waals surface area contributed by atoms with Crippen LogP contribution in [0.15, 0.2) is 29.1 Å². The second-order valence-electron chi connectivity index (χ2n) is 13.7. The molecule has 11 heteroatoms. The molecule has 1 atom stereocenters. The van der Waals surface area contributed by atoms with Gasteiger partial charge in [-0.25, -0.2) is 9.78 Å². The van der Waals surface area contributed by atoms with Crippen LogP contribution in [0.5, 0.6) is 5.75 Å². The van der Waals surface area contributed by atoms with E-state index in [1.165, 1.54) is 26.4 Å². The van der Waals surface area contributed by atoms with Crippen molar-refractivity contribution >= 4 is 42.8 Å². The van der Waals surface area contributed by atoms with Gasteiger partial charge in [-0.2, -0.15) is 0 Å². The molecule has 4 aliphatic heterocycles. The SMILES string of the molecule is CCc1c2c(nc3ccc(OC(=O)N4CCC(N5CCCI(CC(C)C)C5)CC4)cc13)-c1cc3c(c(=O)n1C2)COC(=O)C3(O)CC. The Morgan fingerprint density at radius 2 is 1.94 bits per heavy atom. The number of benzene rings is 1. The first-order valence-corrected chi connectivity index (χ1v) is 21.6. The van der Waals surface area contributed by atoms with Gasteiger partial charge >= 0.3 is 170 Å². The number of hydrogen-bond donors (Lipinski definition) is 1. The van der Waals surface area contributed by atoms with Crippen LogP contribution in [-0.4, -0.2) is 75.6 Å². The third-order valence-electron chi connectivity index (χ3n) is 10.3. The summed E-state index contributed by atoms with van der Waals surface area (Å²) in [5.74, 6) is 0.545. The zero-order valence-electron chi connectivity index (χ0n) is 27.8. The van der Waals surface area contributed by atoms with Crippen molar-refractivity contribution in [1.29, 1.82) is 0 Å². The molecule has 1 N–H and O–H groups in total. The number of ether oxygens (including phenoxy) is 2. The first-order chi connectivity index (χ1) is 22.6. The van der Waals surface area contributed by atoms with Crippen molar-refractivity contribution in [2.75, 3.05) is 33.0 Å². The number of carbonyl (C=O) groups is 2. The van der Waals surface area contributed by atoms with Gasteiger partial charge in [0.25, 0.3) is 5.56 Å². The van der Waals surface area contributed by atoms with E-state index in [2.05, 4.69) is 25.7 Å². The summed E-state index contributed by atoms with van der Waals surface area (Å²) >= 11 is -0.881. The van der Waals surface area contributed by atoms with E-state index in [1.807, 2.05) is 17.0 Å². The molecule has 252 valence electrons. The number of esters is 1. The number of alkyl halides is 3. The smallest absolute Gasteiger partial charge is 0.343 e. The van der Waals surface area contributed by atoms with Gasteiger partial charge in [0.05, 0.1) is 23.5 Å². The number of carbonyl (C=O) groups excluding carboxylic acids is 2. The maximum atomic E-state index is 13.6. The molecule has 2 saturated heterocycles. The molecule has 0 bridgehead atoms. The van der Waals surface area contributed by atoms with E-state index < -0.39 is 31.4 Å². The molecule has 0 radical (unpaired) electrons. The normalized spacial score (nSPS) is 22.3. The summed E-state index contributed by atoms with van der Waals surface area (Å²) in [7, 11) is 0. The molecule has 0 spiro atoms. The minimum atomic E-state index is -1.87. The van der Waals surface area contributed by atoms with E-state index in [4.69, 9.17) is 14.5 Å². The maximum Gasteiger partial charge on any atom is 0.343 e. The standard InChI is InChI=1S/C36H45IN4O6/c1-5-25-26-16-24(47-35(44)39-14-10-23(11-15-39)40-13-7-12-37(21-40)18-22(3)4)8-9-30(26)38-32-27(25)19-41-31(32)17-29-28(33(41)42)20-46-34(43)36(29,45)6-2/h8-9,16-17,22-23,45H,5-7,10-15,18-21H2,1-4H3. The Kier molecular flexibility index (Phi) is 8.84. The topological polar surface area (TPSA) is 114 Å². The number of rotatable bonds is 6. The predicted octanol–water partition coefficient (Wildman–Crippen LogP) is 5.43. The Morgan fingerprint density at radius 3 is 2.66 bits per heavy atom. The van der Waals surface area contributed by atoms with Crippen molar-refractivity contribution in [1.82, 2.24) is 19.4 Å². The summed E-state index contributed by atoms with van der Waals surface area (Å²) < 4.78 is 17.1. The van der Waals surface area contributed by atoms with E-state index in [9.17, 15) is 19.5 Å². The van der Waals surface area contributed by atoms with Gasteiger partial charge in [0, 0.05) is 11.1 Å². The average Bonchev–Trinajstić information content (AvgIpc) is 3.44. The summed E-state index contributed by atoms with van der Waals surface area (Å²) in [5, 5.41) is 12.1. The largest absolute Gasteiger partial charge is 0.458 e. The van der Waals surface area contributed by atoms with Crippen LogP contribution in [-0.2, 0) is 34.7 Å². The second kappa shape index (κ2) is 12.8. The third kappa shape index (κ3) is 5.75.